The fourth-order valence-electron chi connectivity index (χ4n) is 9.64. The van der Waals surface area contributed by atoms with Gasteiger partial charge in [-0.15, -0.1) is 0 Å². The summed E-state index contributed by atoms with van der Waals surface area (Å²) in [6, 6.07) is 0. The highest BCUT2D eigenvalue weighted by atomic mass is 16.6. The Labute approximate surface area is 507 Å². The van der Waals surface area contributed by atoms with E-state index in [9.17, 15) is 14.4 Å². The normalized spacial score (nSPS) is 12.9. The highest BCUT2D eigenvalue weighted by Crippen LogP contribution is 2.17. The van der Waals surface area contributed by atoms with Crippen LogP contribution in [0.15, 0.2) is 122 Å². The molecule has 0 aromatic rings. The van der Waals surface area contributed by atoms with Crippen LogP contribution in [0, 0.1) is 0 Å². The summed E-state index contributed by atoms with van der Waals surface area (Å²) in [4.78, 5) is 38.4. The predicted molar refractivity (Wildman–Crippen MR) is 357 cm³/mol. The maximum atomic E-state index is 12.9. The Morgan fingerprint density at radius 3 is 0.793 bits per heavy atom. The van der Waals surface area contributed by atoms with E-state index >= 15 is 0 Å². The van der Waals surface area contributed by atoms with E-state index in [-0.39, 0.29) is 31.6 Å². The largest absolute Gasteiger partial charge is 0.462 e. The van der Waals surface area contributed by atoms with E-state index in [4.69, 9.17) is 14.2 Å². The summed E-state index contributed by atoms with van der Waals surface area (Å²) in [5.74, 6) is -1.00. The molecule has 0 bridgehead atoms. The van der Waals surface area contributed by atoms with E-state index in [1.54, 1.807) is 0 Å². The predicted octanol–water partition coefficient (Wildman–Crippen LogP) is 23.9. The molecule has 82 heavy (non-hydrogen) atoms. The number of carbonyl (C=O) groups is 3. The maximum Gasteiger partial charge on any atom is 0.306 e. The number of esters is 3. The molecule has 0 saturated heterocycles. The van der Waals surface area contributed by atoms with Crippen molar-refractivity contribution in [1.82, 2.24) is 0 Å². The Hall–Kier alpha value is -4.19. The van der Waals surface area contributed by atoms with Crippen molar-refractivity contribution in [2.24, 2.45) is 0 Å². The molecule has 6 heteroatoms. The summed E-state index contributed by atoms with van der Waals surface area (Å²) < 4.78 is 16.9. The molecule has 0 rings (SSSR count). The van der Waals surface area contributed by atoms with Crippen LogP contribution < -0.4 is 0 Å². The van der Waals surface area contributed by atoms with Gasteiger partial charge in [0.2, 0.25) is 0 Å². The van der Waals surface area contributed by atoms with E-state index < -0.39 is 12.1 Å². The van der Waals surface area contributed by atoms with Crippen molar-refractivity contribution in [2.45, 2.75) is 329 Å². The number of hydrogen-bond acceptors (Lipinski definition) is 6. The van der Waals surface area contributed by atoms with E-state index in [1.807, 2.05) is 6.08 Å². The number of carbonyl (C=O) groups excluding carboxylic acids is 3. The second kappa shape index (κ2) is 69.3. The van der Waals surface area contributed by atoms with E-state index in [0.29, 0.717) is 19.3 Å². The van der Waals surface area contributed by atoms with Crippen LogP contribution in [0.1, 0.15) is 323 Å². The van der Waals surface area contributed by atoms with Gasteiger partial charge in [-0.05, 0) is 96.3 Å². The number of allylic oxidation sites excluding steroid dienone is 20. The molecule has 0 amide bonds. The first-order chi connectivity index (χ1) is 40.5. The van der Waals surface area contributed by atoms with Crippen molar-refractivity contribution in [1.29, 1.82) is 0 Å². The lowest BCUT2D eigenvalue weighted by Crippen LogP contribution is -2.30. The van der Waals surface area contributed by atoms with Crippen LogP contribution in [0.5, 0.6) is 0 Å². The highest BCUT2D eigenvalue weighted by Gasteiger charge is 2.19. The molecule has 1 unspecified atom stereocenters. The van der Waals surface area contributed by atoms with Gasteiger partial charge >= 0.3 is 17.9 Å². The number of unbranched alkanes of at least 4 members (excludes halogenated alkanes) is 31. The van der Waals surface area contributed by atoms with Crippen LogP contribution in [0.4, 0.5) is 0 Å². The minimum absolute atomic E-state index is 0.113. The average Bonchev–Trinajstić information content (AvgIpc) is 3.48. The molecule has 0 aromatic carbocycles. The van der Waals surface area contributed by atoms with Crippen LogP contribution in [0.3, 0.4) is 0 Å². The lowest BCUT2D eigenvalue weighted by molar-refractivity contribution is -0.166. The van der Waals surface area contributed by atoms with Gasteiger partial charge in [0.1, 0.15) is 13.2 Å². The minimum atomic E-state index is -0.829. The molecule has 0 radical (unpaired) electrons. The molecule has 0 aliphatic rings. The Morgan fingerprint density at radius 2 is 0.500 bits per heavy atom. The molecule has 0 N–H and O–H groups in total. The first kappa shape index (κ1) is 77.8. The topological polar surface area (TPSA) is 78.9 Å². The van der Waals surface area contributed by atoms with Crippen LogP contribution >= 0.6 is 0 Å². The molecule has 6 nitrogen and oxygen atoms in total. The van der Waals surface area contributed by atoms with Crippen molar-refractivity contribution in [3.05, 3.63) is 122 Å². The Balaban J connectivity index is 4.42. The summed E-state index contributed by atoms with van der Waals surface area (Å²) in [7, 11) is 0. The van der Waals surface area contributed by atoms with Crippen LogP contribution in [0.25, 0.3) is 0 Å². The molecule has 0 aliphatic carbocycles. The van der Waals surface area contributed by atoms with Crippen molar-refractivity contribution in [3.8, 4) is 0 Å². The van der Waals surface area contributed by atoms with Crippen molar-refractivity contribution >= 4 is 17.9 Å². The molecule has 0 fully saturated rings. The zero-order valence-electron chi connectivity index (χ0n) is 53.7. The molecule has 0 saturated carbocycles. The second-order valence-corrected chi connectivity index (χ2v) is 22.7. The maximum absolute atomic E-state index is 12.9. The molecule has 0 aliphatic heterocycles. The molecule has 0 aromatic heterocycles. The molecular formula is C76H128O6. The summed E-state index contributed by atoms with van der Waals surface area (Å²) in [6.45, 7) is 6.38. The standard InChI is InChI=1S/C76H128O6/c1-4-7-10-13-16-19-22-25-28-31-34-35-36-37-38-39-40-43-45-48-51-54-57-60-63-66-69-75(78)81-72-73(82-76(79)70-67-64-61-58-55-52-49-46-42-33-30-27-24-21-18-15-12-9-6-3)71-80-74(77)68-65-62-59-56-53-50-47-44-41-32-29-26-23-20-17-14-11-8-5-2/h8-9,11-12,17-18,20-21,26-27,29-30,41-42,44,46,52,55,61,64,73H,4-7,10,13-16,19,22-25,28,31-40,43,45,47-51,53-54,56-60,62-63,65-72H2,1-3H3/b11-8-,12-9-,20-17-,21-18-,29-26-,30-27-,44-41-,46-42-,55-52-,64-61-. The van der Waals surface area contributed by atoms with E-state index in [0.717, 1.165) is 116 Å². The second-order valence-electron chi connectivity index (χ2n) is 22.7. The number of rotatable bonds is 62. The van der Waals surface area contributed by atoms with Crippen molar-refractivity contribution < 1.29 is 28.6 Å². The first-order valence-electron chi connectivity index (χ1n) is 34.5. The molecule has 468 valence electrons. The summed E-state index contributed by atoms with van der Waals surface area (Å²) in [5, 5.41) is 0. The van der Waals surface area contributed by atoms with Gasteiger partial charge in [0.05, 0.1) is 0 Å². The molecule has 0 spiro atoms. The van der Waals surface area contributed by atoms with Crippen LogP contribution in [0.2, 0.25) is 0 Å². The smallest absolute Gasteiger partial charge is 0.306 e. The number of ether oxygens (including phenoxy) is 3. The number of hydrogen-bond donors (Lipinski definition) is 0. The lowest BCUT2D eigenvalue weighted by Gasteiger charge is -2.18. The summed E-state index contributed by atoms with van der Waals surface area (Å²) in [5.41, 5.74) is 0. The van der Waals surface area contributed by atoms with Crippen molar-refractivity contribution in [2.75, 3.05) is 13.2 Å². The highest BCUT2D eigenvalue weighted by molar-refractivity contribution is 5.71. The monoisotopic (exact) mass is 1140 g/mol. The summed E-state index contributed by atoms with van der Waals surface area (Å²) >= 11 is 0. The quantitative estimate of drug-likeness (QED) is 0.0261. The van der Waals surface area contributed by atoms with Gasteiger partial charge in [0.25, 0.3) is 0 Å². The average molecular weight is 1140 g/mol. The van der Waals surface area contributed by atoms with Gasteiger partial charge in [-0.1, -0.05) is 328 Å². The van der Waals surface area contributed by atoms with E-state index in [2.05, 4.69) is 136 Å². The van der Waals surface area contributed by atoms with Gasteiger partial charge in [0, 0.05) is 19.3 Å². The SMILES string of the molecule is CC/C=C\C/C=C\C/C=C\C/C=C\C/C=C\C/C=C\CCC(=O)OC(COC(=O)CCCCCCCC/C=C\C/C=C\C/C=C\C/C=C\CC)COC(=O)CCCCCCCCCCCCCCCCCCCCCCCCCCCC. The van der Waals surface area contributed by atoms with Gasteiger partial charge in [0.15, 0.2) is 6.10 Å². The zero-order valence-corrected chi connectivity index (χ0v) is 53.7. The lowest BCUT2D eigenvalue weighted by atomic mass is 10.0. The summed E-state index contributed by atoms with van der Waals surface area (Å²) in [6.07, 6.45) is 96.7. The molecule has 1 atom stereocenters. The van der Waals surface area contributed by atoms with E-state index in [1.165, 1.54) is 161 Å². The third kappa shape index (κ3) is 66.6. The Kier molecular flexibility index (Phi) is 65.8. The fourth-order valence-corrected chi connectivity index (χ4v) is 9.64. The fraction of sp³-hybridized carbons (Fsp3) is 0.697. The minimum Gasteiger partial charge on any atom is -0.462 e. The Bertz CT molecular complexity index is 1690. The van der Waals surface area contributed by atoms with Crippen LogP contribution in [-0.2, 0) is 28.6 Å². The van der Waals surface area contributed by atoms with Gasteiger partial charge in [-0.2, -0.15) is 0 Å². The third-order valence-electron chi connectivity index (χ3n) is 14.7. The van der Waals surface area contributed by atoms with Gasteiger partial charge in [-0.25, -0.2) is 0 Å². The van der Waals surface area contributed by atoms with Gasteiger partial charge < -0.3 is 14.2 Å². The molecule has 0 heterocycles. The molecular weight excluding hydrogens is 1010 g/mol. The zero-order chi connectivity index (χ0) is 59.2. The van der Waals surface area contributed by atoms with Crippen molar-refractivity contribution in [3.63, 3.8) is 0 Å². The Morgan fingerprint density at radius 1 is 0.256 bits per heavy atom. The van der Waals surface area contributed by atoms with Gasteiger partial charge in [-0.3, -0.25) is 14.4 Å². The first-order valence-corrected chi connectivity index (χ1v) is 34.5. The van der Waals surface area contributed by atoms with Crippen LogP contribution in [-0.4, -0.2) is 37.2 Å². The third-order valence-corrected chi connectivity index (χ3v) is 14.7.